The van der Waals surface area contributed by atoms with Gasteiger partial charge in [0.2, 0.25) is 5.91 Å². The third kappa shape index (κ3) is 8.22. The first-order chi connectivity index (χ1) is 9.99. The van der Waals surface area contributed by atoms with E-state index in [0.717, 1.165) is 25.7 Å². The summed E-state index contributed by atoms with van der Waals surface area (Å²) in [5.74, 6) is 0.988. The van der Waals surface area contributed by atoms with Crippen LogP contribution in [0.1, 0.15) is 58.8 Å². The lowest BCUT2D eigenvalue weighted by Crippen LogP contribution is -2.38. The molecule has 1 aliphatic rings. The van der Waals surface area contributed by atoms with Gasteiger partial charge in [0.05, 0.1) is 12.2 Å². The van der Waals surface area contributed by atoms with Gasteiger partial charge < -0.3 is 15.5 Å². The van der Waals surface area contributed by atoms with Crippen LogP contribution in [0.5, 0.6) is 0 Å². The minimum atomic E-state index is -0.631. The van der Waals surface area contributed by atoms with Crippen LogP contribution < -0.4 is 5.32 Å². The van der Waals surface area contributed by atoms with Gasteiger partial charge in [-0.3, -0.25) is 4.79 Å². The Morgan fingerprint density at radius 1 is 1.24 bits per heavy atom. The number of aliphatic hydroxyl groups excluding tert-OH is 2. The Kier molecular flexibility index (Phi) is 8.62. The molecule has 0 aromatic rings. The lowest BCUT2D eigenvalue weighted by atomic mass is 9.85. The molecule has 4 heteroatoms. The lowest BCUT2D eigenvalue weighted by Gasteiger charge is -2.30. The number of carbonyl (C=O) groups excluding carboxylic acids is 1. The van der Waals surface area contributed by atoms with Gasteiger partial charge in [-0.15, -0.1) is 0 Å². The summed E-state index contributed by atoms with van der Waals surface area (Å²) in [6.07, 6.45) is 8.84. The minimum Gasteiger partial charge on any atom is -0.390 e. The Hall–Kier alpha value is -0.870. The maximum absolute atomic E-state index is 11.7. The van der Waals surface area contributed by atoms with Crippen molar-refractivity contribution in [3.05, 3.63) is 12.2 Å². The molecule has 0 heterocycles. The van der Waals surface area contributed by atoms with Crippen molar-refractivity contribution in [2.75, 3.05) is 6.54 Å². The molecule has 3 N–H and O–H groups in total. The maximum Gasteiger partial charge on any atom is 0.220 e. The van der Waals surface area contributed by atoms with Crippen molar-refractivity contribution < 1.29 is 15.0 Å². The van der Waals surface area contributed by atoms with Gasteiger partial charge in [0.25, 0.3) is 0 Å². The Bertz CT molecular complexity index is 328. The van der Waals surface area contributed by atoms with Crippen LogP contribution in [-0.4, -0.2) is 34.9 Å². The standard InChI is InChI=1S/C17H31NO3/c1-13(2)7-5-3-4-6-8-17(21)18-12-14-9-10-15(19)16(20)11-14/h5,7,13-16,19-20H,3-4,6,8-12H2,1-2H3,(H,18,21)/b7-5+. The van der Waals surface area contributed by atoms with Crippen molar-refractivity contribution in [3.8, 4) is 0 Å². The molecule has 122 valence electrons. The molecule has 0 radical (unpaired) electrons. The molecular weight excluding hydrogens is 266 g/mol. The maximum atomic E-state index is 11.7. The molecule has 3 atom stereocenters. The number of carbonyl (C=O) groups is 1. The number of hydrogen-bond acceptors (Lipinski definition) is 3. The Morgan fingerprint density at radius 3 is 2.67 bits per heavy atom. The van der Waals surface area contributed by atoms with E-state index in [1.165, 1.54) is 0 Å². The van der Waals surface area contributed by atoms with Gasteiger partial charge in [-0.05, 0) is 50.4 Å². The fourth-order valence-electron chi connectivity index (χ4n) is 2.66. The number of rotatable bonds is 8. The van der Waals surface area contributed by atoms with E-state index in [1.54, 1.807) is 0 Å². The Labute approximate surface area is 128 Å². The van der Waals surface area contributed by atoms with E-state index in [2.05, 4.69) is 31.3 Å². The van der Waals surface area contributed by atoms with E-state index in [0.29, 0.717) is 37.6 Å². The van der Waals surface area contributed by atoms with E-state index < -0.39 is 12.2 Å². The molecule has 1 amide bonds. The second kappa shape index (κ2) is 9.96. The molecule has 0 aromatic heterocycles. The van der Waals surface area contributed by atoms with Crippen LogP contribution in [0.3, 0.4) is 0 Å². The zero-order valence-corrected chi connectivity index (χ0v) is 13.4. The van der Waals surface area contributed by atoms with E-state index in [-0.39, 0.29) is 5.91 Å². The largest absolute Gasteiger partial charge is 0.390 e. The second-order valence-corrected chi connectivity index (χ2v) is 6.54. The predicted molar refractivity (Wildman–Crippen MR) is 84.8 cm³/mol. The van der Waals surface area contributed by atoms with Crippen molar-refractivity contribution in [3.63, 3.8) is 0 Å². The summed E-state index contributed by atoms with van der Waals surface area (Å²) in [6, 6.07) is 0. The van der Waals surface area contributed by atoms with Crippen LogP contribution >= 0.6 is 0 Å². The van der Waals surface area contributed by atoms with Crippen molar-refractivity contribution >= 4 is 5.91 Å². The molecule has 0 aromatic carbocycles. The van der Waals surface area contributed by atoms with E-state index in [1.807, 2.05) is 0 Å². The highest BCUT2D eigenvalue weighted by Crippen LogP contribution is 2.24. The molecular formula is C17H31NO3. The molecule has 0 saturated heterocycles. The van der Waals surface area contributed by atoms with Crippen LogP contribution in [0, 0.1) is 11.8 Å². The molecule has 0 bridgehead atoms. The molecule has 1 aliphatic carbocycles. The molecule has 1 fully saturated rings. The summed E-state index contributed by atoms with van der Waals surface area (Å²) in [5.41, 5.74) is 0. The number of amides is 1. The number of allylic oxidation sites excluding steroid dienone is 2. The van der Waals surface area contributed by atoms with Gasteiger partial charge >= 0.3 is 0 Å². The molecule has 0 spiro atoms. The number of hydrogen-bond donors (Lipinski definition) is 3. The summed E-state index contributed by atoms with van der Waals surface area (Å²) in [6.45, 7) is 4.94. The van der Waals surface area contributed by atoms with Crippen LogP contribution in [0.25, 0.3) is 0 Å². The number of aliphatic hydroxyl groups is 2. The van der Waals surface area contributed by atoms with Crippen molar-refractivity contribution in [2.24, 2.45) is 11.8 Å². The van der Waals surface area contributed by atoms with Crippen molar-refractivity contribution in [2.45, 2.75) is 71.0 Å². The van der Waals surface area contributed by atoms with E-state index in [4.69, 9.17) is 0 Å². The van der Waals surface area contributed by atoms with E-state index in [9.17, 15) is 15.0 Å². The third-order valence-corrected chi connectivity index (χ3v) is 4.02. The van der Waals surface area contributed by atoms with Gasteiger partial charge in [0.1, 0.15) is 0 Å². The molecule has 21 heavy (non-hydrogen) atoms. The monoisotopic (exact) mass is 297 g/mol. The quantitative estimate of drug-likeness (QED) is 0.476. The van der Waals surface area contributed by atoms with Crippen molar-refractivity contribution in [1.82, 2.24) is 5.32 Å². The predicted octanol–water partition coefficient (Wildman–Crippen LogP) is 2.40. The van der Waals surface area contributed by atoms with Crippen LogP contribution in [0.4, 0.5) is 0 Å². The number of nitrogens with one attached hydrogen (secondary N) is 1. The van der Waals surface area contributed by atoms with Crippen LogP contribution in [0.15, 0.2) is 12.2 Å². The lowest BCUT2D eigenvalue weighted by molar-refractivity contribution is -0.121. The first-order valence-electron chi connectivity index (χ1n) is 8.28. The topological polar surface area (TPSA) is 69.6 Å². The highest BCUT2D eigenvalue weighted by Gasteiger charge is 2.27. The normalized spacial score (nSPS) is 26.4. The fraction of sp³-hybridized carbons (Fsp3) is 0.824. The van der Waals surface area contributed by atoms with Gasteiger partial charge in [0.15, 0.2) is 0 Å². The minimum absolute atomic E-state index is 0.100. The Morgan fingerprint density at radius 2 is 2.00 bits per heavy atom. The van der Waals surface area contributed by atoms with Gasteiger partial charge in [-0.1, -0.05) is 26.0 Å². The smallest absolute Gasteiger partial charge is 0.220 e. The summed E-state index contributed by atoms with van der Waals surface area (Å²) >= 11 is 0. The molecule has 0 aliphatic heterocycles. The molecule has 1 saturated carbocycles. The van der Waals surface area contributed by atoms with Crippen LogP contribution in [-0.2, 0) is 4.79 Å². The van der Waals surface area contributed by atoms with Crippen molar-refractivity contribution in [1.29, 1.82) is 0 Å². The summed E-state index contributed by atoms with van der Waals surface area (Å²) < 4.78 is 0. The average Bonchev–Trinajstić information content (AvgIpc) is 2.43. The number of unbranched alkanes of at least 4 members (excludes halogenated alkanes) is 2. The van der Waals surface area contributed by atoms with E-state index >= 15 is 0 Å². The summed E-state index contributed by atoms with van der Waals surface area (Å²) in [5, 5.41) is 22.0. The van der Waals surface area contributed by atoms with Crippen LogP contribution in [0.2, 0.25) is 0 Å². The molecule has 1 rings (SSSR count). The molecule has 4 nitrogen and oxygen atoms in total. The fourth-order valence-corrected chi connectivity index (χ4v) is 2.66. The SMILES string of the molecule is CC(C)/C=C/CCCCC(=O)NCC1CCC(O)C(O)C1. The highest BCUT2D eigenvalue weighted by molar-refractivity contribution is 5.75. The van der Waals surface area contributed by atoms with Gasteiger partial charge in [0, 0.05) is 13.0 Å². The first kappa shape index (κ1) is 18.2. The highest BCUT2D eigenvalue weighted by atomic mass is 16.3. The van der Waals surface area contributed by atoms with Gasteiger partial charge in [-0.2, -0.15) is 0 Å². The average molecular weight is 297 g/mol. The zero-order valence-electron chi connectivity index (χ0n) is 13.4. The third-order valence-electron chi connectivity index (χ3n) is 4.02. The second-order valence-electron chi connectivity index (χ2n) is 6.54. The summed E-state index contributed by atoms with van der Waals surface area (Å²) in [4.78, 5) is 11.7. The Balaban J connectivity index is 2.04. The first-order valence-corrected chi connectivity index (χ1v) is 8.28. The summed E-state index contributed by atoms with van der Waals surface area (Å²) in [7, 11) is 0. The van der Waals surface area contributed by atoms with Gasteiger partial charge in [-0.25, -0.2) is 0 Å². The molecule has 3 unspecified atom stereocenters. The zero-order chi connectivity index (χ0) is 15.7.